The third kappa shape index (κ3) is 3.97. The molecule has 0 fully saturated rings. The molecule has 0 spiro atoms. The Hall–Kier alpha value is -3.42. The summed E-state index contributed by atoms with van der Waals surface area (Å²) >= 11 is 0. The van der Waals surface area contributed by atoms with E-state index >= 15 is 0 Å². The van der Waals surface area contributed by atoms with E-state index in [1.807, 2.05) is 37.3 Å². The molecule has 8 nitrogen and oxygen atoms in total. The molecular weight excluding hydrogens is 400 g/mol. The highest BCUT2D eigenvalue weighted by Crippen LogP contribution is 2.49. The lowest BCUT2D eigenvalue weighted by molar-refractivity contribution is -0.130. The molecule has 0 bridgehead atoms. The second kappa shape index (κ2) is 9.16. The number of methoxy groups -OCH3 is 5. The molecule has 2 aromatic carbocycles. The van der Waals surface area contributed by atoms with Gasteiger partial charge in [-0.05, 0) is 42.8 Å². The van der Waals surface area contributed by atoms with Crippen LogP contribution >= 0.6 is 0 Å². The summed E-state index contributed by atoms with van der Waals surface area (Å²) in [6.45, 7) is 3.39. The molecule has 1 heterocycles. The number of ether oxygens (including phenoxy) is 5. The van der Waals surface area contributed by atoms with Crippen LogP contribution < -0.4 is 23.7 Å². The van der Waals surface area contributed by atoms with Crippen LogP contribution in [-0.2, 0) is 4.79 Å². The van der Waals surface area contributed by atoms with Gasteiger partial charge >= 0.3 is 0 Å². The lowest BCUT2D eigenvalue weighted by atomic mass is 9.84. The van der Waals surface area contributed by atoms with Crippen LogP contribution in [0.25, 0.3) is 0 Å². The van der Waals surface area contributed by atoms with E-state index in [9.17, 15) is 4.79 Å². The van der Waals surface area contributed by atoms with Crippen molar-refractivity contribution < 1.29 is 28.5 Å². The van der Waals surface area contributed by atoms with Crippen molar-refractivity contribution >= 4 is 11.6 Å². The highest BCUT2D eigenvalue weighted by Gasteiger charge is 2.42. The molecule has 31 heavy (non-hydrogen) atoms. The predicted molar refractivity (Wildman–Crippen MR) is 117 cm³/mol. The van der Waals surface area contributed by atoms with Gasteiger partial charge in [-0.15, -0.1) is 0 Å². The highest BCUT2D eigenvalue weighted by molar-refractivity contribution is 5.94. The number of carbonyl (C=O) groups is 1. The molecule has 0 aromatic heterocycles. The van der Waals surface area contributed by atoms with E-state index in [-0.39, 0.29) is 11.8 Å². The average molecular weight is 428 g/mol. The van der Waals surface area contributed by atoms with Gasteiger partial charge in [0.25, 0.3) is 0 Å². The van der Waals surface area contributed by atoms with Gasteiger partial charge in [0.05, 0.1) is 47.5 Å². The topological polar surface area (TPSA) is 78.8 Å². The van der Waals surface area contributed by atoms with Crippen molar-refractivity contribution in [1.29, 1.82) is 0 Å². The largest absolute Gasteiger partial charge is 0.497 e. The standard InChI is InChI=1S/C23H28N2O6/c1-13-21(15-10-19(29-5)23(31-7)20(11-15)30-6)22(25(24-13)14(2)26)17-12-16(27-3)8-9-18(17)28-4/h8-12,21-22H,1-7H3/t21-,22-/m0/s1. The van der Waals surface area contributed by atoms with E-state index in [0.717, 1.165) is 16.8 Å². The highest BCUT2D eigenvalue weighted by atomic mass is 16.5. The summed E-state index contributed by atoms with van der Waals surface area (Å²) in [5.74, 6) is 2.42. The van der Waals surface area contributed by atoms with Crippen LogP contribution in [0.5, 0.6) is 28.7 Å². The van der Waals surface area contributed by atoms with Crippen LogP contribution in [0.15, 0.2) is 35.4 Å². The van der Waals surface area contributed by atoms with Crippen molar-refractivity contribution in [2.45, 2.75) is 25.8 Å². The van der Waals surface area contributed by atoms with Gasteiger partial charge in [0.15, 0.2) is 11.5 Å². The molecule has 1 aliphatic rings. The van der Waals surface area contributed by atoms with Crippen molar-refractivity contribution in [3.63, 3.8) is 0 Å². The molecule has 8 heteroatoms. The minimum atomic E-state index is -0.439. The van der Waals surface area contributed by atoms with Gasteiger partial charge in [-0.1, -0.05) is 0 Å². The maximum atomic E-state index is 12.5. The summed E-state index contributed by atoms with van der Waals surface area (Å²) in [6.07, 6.45) is 0. The molecule has 1 amide bonds. The fraction of sp³-hybridized carbons (Fsp3) is 0.391. The van der Waals surface area contributed by atoms with Gasteiger partial charge in [0, 0.05) is 18.2 Å². The van der Waals surface area contributed by atoms with E-state index < -0.39 is 6.04 Å². The Morgan fingerprint density at radius 3 is 1.97 bits per heavy atom. The van der Waals surface area contributed by atoms with Gasteiger partial charge in [-0.2, -0.15) is 5.10 Å². The minimum absolute atomic E-state index is 0.177. The quantitative estimate of drug-likeness (QED) is 0.668. The van der Waals surface area contributed by atoms with Crippen molar-refractivity contribution in [3.05, 3.63) is 41.5 Å². The van der Waals surface area contributed by atoms with Gasteiger partial charge in [0.2, 0.25) is 11.7 Å². The SMILES string of the molecule is COc1ccc(OC)c([C@H]2[C@H](c3cc(OC)c(OC)c(OC)c3)C(C)=NN2C(C)=O)c1. The Balaban J connectivity index is 2.24. The summed E-state index contributed by atoms with van der Waals surface area (Å²) in [5, 5.41) is 6.07. The number of hydrazone groups is 1. The first-order chi connectivity index (χ1) is 14.9. The Kier molecular flexibility index (Phi) is 6.58. The number of rotatable bonds is 7. The van der Waals surface area contributed by atoms with Crippen molar-refractivity contribution in [1.82, 2.24) is 5.01 Å². The zero-order valence-electron chi connectivity index (χ0n) is 18.9. The molecule has 0 N–H and O–H groups in total. The predicted octanol–water partition coefficient (Wildman–Crippen LogP) is 3.79. The second-order valence-corrected chi connectivity index (χ2v) is 7.09. The van der Waals surface area contributed by atoms with E-state index in [0.29, 0.717) is 28.7 Å². The molecule has 0 unspecified atom stereocenters. The third-order valence-electron chi connectivity index (χ3n) is 5.42. The van der Waals surface area contributed by atoms with Crippen LogP contribution in [-0.4, -0.2) is 52.2 Å². The summed E-state index contributed by atoms with van der Waals surface area (Å²) in [4.78, 5) is 12.5. The van der Waals surface area contributed by atoms with Crippen LogP contribution in [0.3, 0.4) is 0 Å². The number of hydrogen-bond donors (Lipinski definition) is 0. The lowest BCUT2D eigenvalue weighted by Gasteiger charge is -2.28. The monoisotopic (exact) mass is 428 g/mol. The average Bonchev–Trinajstić information content (AvgIpc) is 3.14. The van der Waals surface area contributed by atoms with Gasteiger partial charge < -0.3 is 23.7 Å². The molecule has 2 aromatic rings. The number of nitrogens with zero attached hydrogens (tertiary/aromatic N) is 2. The molecular formula is C23H28N2O6. The van der Waals surface area contributed by atoms with Crippen molar-refractivity contribution in [2.24, 2.45) is 5.10 Å². The zero-order chi connectivity index (χ0) is 22.7. The lowest BCUT2D eigenvalue weighted by Crippen LogP contribution is -2.28. The molecule has 166 valence electrons. The summed E-state index contributed by atoms with van der Waals surface area (Å²) < 4.78 is 27.6. The molecule has 1 aliphatic heterocycles. The fourth-order valence-corrected chi connectivity index (χ4v) is 4.02. The Morgan fingerprint density at radius 2 is 1.48 bits per heavy atom. The Labute approximate surface area is 182 Å². The van der Waals surface area contributed by atoms with E-state index in [2.05, 4.69) is 5.10 Å². The molecule has 0 saturated heterocycles. The molecule has 0 saturated carbocycles. The number of hydrogen-bond acceptors (Lipinski definition) is 7. The van der Waals surface area contributed by atoms with Crippen molar-refractivity contribution in [2.75, 3.05) is 35.5 Å². The molecule has 3 rings (SSSR count). The maximum Gasteiger partial charge on any atom is 0.240 e. The first-order valence-electron chi connectivity index (χ1n) is 9.76. The fourth-order valence-electron chi connectivity index (χ4n) is 4.02. The maximum absolute atomic E-state index is 12.5. The van der Waals surface area contributed by atoms with Gasteiger partial charge in [-0.3, -0.25) is 4.79 Å². The van der Waals surface area contributed by atoms with Crippen LogP contribution in [0.4, 0.5) is 0 Å². The van der Waals surface area contributed by atoms with E-state index in [4.69, 9.17) is 23.7 Å². The number of amides is 1. The third-order valence-corrected chi connectivity index (χ3v) is 5.42. The minimum Gasteiger partial charge on any atom is -0.497 e. The smallest absolute Gasteiger partial charge is 0.240 e. The Morgan fingerprint density at radius 1 is 0.871 bits per heavy atom. The number of carbonyl (C=O) groups excluding carboxylic acids is 1. The molecule has 0 radical (unpaired) electrons. The number of benzene rings is 2. The zero-order valence-corrected chi connectivity index (χ0v) is 18.9. The first kappa shape index (κ1) is 22.3. The van der Waals surface area contributed by atoms with E-state index in [1.165, 1.54) is 11.9 Å². The molecule has 0 aliphatic carbocycles. The summed E-state index contributed by atoms with van der Waals surface area (Å²) in [5.41, 5.74) is 2.44. The van der Waals surface area contributed by atoms with Crippen molar-refractivity contribution in [3.8, 4) is 28.7 Å². The Bertz CT molecular complexity index is 979. The van der Waals surface area contributed by atoms with Gasteiger partial charge in [0.1, 0.15) is 11.5 Å². The second-order valence-electron chi connectivity index (χ2n) is 7.09. The summed E-state index contributed by atoms with van der Waals surface area (Å²) in [7, 11) is 7.90. The van der Waals surface area contributed by atoms with Gasteiger partial charge in [-0.25, -0.2) is 5.01 Å². The van der Waals surface area contributed by atoms with Crippen LogP contribution in [0.1, 0.15) is 36.9 Å². The van der Waals surface area contributed by atoms with E-state index in [1.54, 1.807) is 35.5 Å². The van der Waals surface area contributed by atoms with Crippen LogP contribution in [0, 0.1) is 0 Å². The molecule has 2 atom stereocenters. The van der Waals surface area contributed by atoms with Crippen LogP contribution in [0.2, 0.25) is 0 Å². The summed E-state index contributed by atoms with van der Waals surface area (Å²) in [6, 6.07) is 8.84. The normalized spacial score (nSPS) is 17.8. The first-order valence-corrected chi connectivity index (χ1v) is 9.76.